The third kappa shape index (κ3) is 2.05. The molecule has 1 aliphatic rings. The summed E-state index contributed by atoms with van der Waals surface area (Å²) in [6.07, 6.45) is 2.11. The molecule has 0 radical (unpaired) electrons. The summed E-state index contributed by atoms with van der Waals surface area (Å²) in [4.78, 5) is 7.24. The molecule has 0 atom stereocenters. The van der Waals surface area contributed by atoms with E-state index < -0.39 is 11.6 Å². The topological polar surface area (TPSA) is 40.7 Å². The number of nitrogens with zero attached hydrogens (tertiary/aromatic N) is 1. The lowest BCUT2D eigenvalue weighted by Crippen LogP contribution is -2.11. The first-order valence-corrected chi connectivity index (χ1v) is 6.93. The Balaban J connectivity index is 1.84. The normalized spacial score (nSPS) is 14.0. The van der Waals surface area contributed by atoms with Crippen LogP contribution in [-0.2, 0) is 6.42 Å². The molecule has 0 amide bonds. The molecule has 1 aromatic heterocycles. The van der Waals surface area contributed by atoms with Crippen molar-refractivity contribution in [3.63, 3.8) is 0 Å². The summed E-state index contributed by atoms with van der Waals surface area (Å²) in [5, 5.41) is 3.34. The first-order valence-electron chi connectivity index (χ1n) is 6.93. The van der Waals surface area contributed by atoms with E-state index in [9.17, 15) is 8.78 Å². The van der Waals surface area contributed by atoms with Crippen LogP contribution in [0.4, 0.5) is 14.5 Å². The van der Waals surface area contributed by atoms with Gasteiger partial charge in [-0.3, -0.25) is 0 Å². The van der Waals surface area contributed by atoms with Crippen molar-refractivity contribution in [3.05, 3.63) is 47.5 Å². The van der Waals surface area contributed by atoms with Crippen molar-refractivity contribution in [2.24, 2.45) is 0 Å². The Morgan fingerprint density at radius 3 is 2.90 bits per heavy atom. The average Bonchev–Trinajstić information content (AvgIpc) is 2.91. The fourth-order valence-electron chi connectivity index (χ4n) is 2.80. The molecule has 3 nitrogen and oxygen atoms in total. The predicted octanol–water partition coefficient (Wildman–Crippen LogP) is 3.87. The third-order valence-electron chi connectivity index (χ3n) is 3.82. The zero-order chi connectivity index (χ0) is 14.4. The fourth-order valence-corrected chi connectivity index (χ4v) is 2.80. The summed E-state index contributed by atoms with van der Waals surface area (Å²) in [6.45, 7) is 0.988. The SMILES string of the molecule is Fc1cc(F)c2nc(-c3ccc4c(c3)CCCN4)[nH]c2c1. The van der Waals surface area contributed by atoms with E-state index in [0.717, 1.165) is 36.7 Å². The van der Waals surface area contributed by atoms with Crippen LogP contribution in [0.25, 0.3) is 22.4 Å². The summed E-state index contributed by atoms with van der Waals surface area (Å²) in [5.74, 6) is -0.695. The number of halogens is 2. The van der Waals surface area contributed by atoms with E-state index in [2.05, 4.69) is 15.3 Å². The van der Waals surface area contributed by atoms with E-state index in [0.29, 0.717) is 11.3 Å². The van der Waals surface area contributed by atoms with Crippen LogP contribution < -0.4 is 5.32 Å². The zero-order valence-electron chi connectivity index (χ0n) is 11.2. The van der Waals surface area contributed by atoms with Crippen LogP contribution in [0.1, 0.15) is 12.0 Å². The quantitative estimate of drug-likeness (QED) is 0.712. The fraction of sp³-hybridized carbons (Fsp3) is 0.188. The number of H-pyrrole nitrogens is 1. The minimum Gasteiger partial charge on any atom is -0.385 e. The van der Waals surface area contributed by atoms with Gasteiger partial charge in [-0.15, -0.1) is 0 Å². The summed E-state index contributed by atoms with van der Waals surface area (Å²) >= 11 is 0. The lowest BCUT2D eigenvalue weighted by molar-refractivity contribution is 0.591. The second kappa shape index (κ2) is 4.55. The molecule has 0 spiro atoms. The molecule has 5 heteroatoms. The molecule has 0 fully saturated rings. The van der Waals surface area contributed by atoms with E-state index in [1.807, 2.05) is 18.2 Å². The molecule has 2 heterocycles. The maximum absolute atomic E-state index is 13.7. The Morgan fingerprint density at radius 1 is 1.10 bits per heavy atom. The van der Waals surface area contributed by atoms with Crippen molar-refractivity contribution in [2.75, 3.05) is 11.9 Å². The van der Waals surface area contributed by atoms with Gasteiger partial charge in [-0.25, -0.2) is 13.8 Å². The first-order chi connectivity index (χ1) is 10.2. The van der Waals surface area contributed by atoms with Gasteiger partial charge >= 0.3 is 0 Å². The van der Waals surface area contributed by atoms with Crippen molar-refractivity contribution in [2.45, 2.75) is 12.8 Å². The van der Waals surface area contributed by atoms with Crippen molar-refractivity contribution in [1.29, 1.82) is 0 Å². The number of aryl methyl sites for hydroxylation is 1. The molecule has 0 aliphatic carbocycles. The summed E-state index contributed by atoms with van der Waals surface area (Å²) in [6, 6.07) is 8.10. The van der Waals surface area contributed by atoms with E-state index in [1.165, 1.54) is 11.6 Å². The van der Waals surface area contributed by atoms with Gasteiger partial charge in [0.1, 0.15) is 17.2 Å². The number of hydrogen-bond donors (Lipinski definition) is 2. The monoisotopic (exact) mass is 285 g/mol. The molecule has 0 bridgehead atoms. The van der Waals surface area contributed by atoms with E-state index in [1.54, 1.807) is 0 Å². The lowest BCUT2D eigenvalue weighted by Gasteiger charge is -2.18. The van der Waals surface area contributed by atoms with Crippen molar-refractivity contribution in [3.8, 4) is 11.4 Å². The van der Waals surface area contributed by atoms with Gasteiger partial charge in [0.15, 0.2) is 5.82 Å². The van der Waals surface area contributed by atoms with Crippen LogP contribution >= 0.6 is 0 Å². The molecule has 0 saturated heterocycles. The van der Waals surface area contributed by atoms with Gasteiger partial charge in [-0.2, -0.15) is 0 Å². The van der Waals surface area contributed by atoms with Crippen molar-refractivity contribution >= 4 is 16.7 Å². The number of fused-ring (bicyclic) bond motifs is 2. The highest BCUT2D eigenvalue weighted by Gasteiger charge is 2.14. The van der Waals surface area contributed by atoms with E-state index in [-0.39, 0.29) is 5.52 Å². The molecule has 4 rings (SSSR count). The first kappa shape index (κ1) is 12.3. The molecule has 21 heavy (non-hydrogen) atoms. The summed E-state index contributed by atoms with van der Waals surface area (Å²) in [7, 11) is 0. The highest BCUT2D eigenvalue weighted by atomic mass is 19.1. The smallest absolute Gasteiger partial charge is 0.153 e. The predicted molar refractivity (Wildman–Crippen MR) is 78.3 cm³/mol. The number of rotatable bonds is 1. The second-order valence-electron chi connectivity index (χ2n) is 5.27. The largest absolute Gasteiger partial charge is 0.385 e. The molecule has 2 aromatic carbocycles. The second-order valence-corrected chi connectivity index (χ2v) is 5.27. The number of nitrogens with one attached hydrogen (secondary N) is 2. The molecule has 0 saturated carbocycles. The molecule has 0 unspecified atom stereocenters. The average molecular weight is 285 g/mol. The number of imidazole rings is 1. The van der Waals surface area contributed by atoms with Gasteiger partial charge < -0.3 is 10.3 Å². The minimum absolute atomic E-state index is 0.169. The van der Waals surface area contributed by atoms with Crippen molar-refractivity contribution < 1.29 is 8.78 Å². The Morgan fingerprint density at radius 2 is 2.00 bits per heavy atom. The van der Waals surface area contributed by atoms with E-state index in [4.69, 9.17) is 0 Å². The molecule has 2 N–H and O–H groups in total. The maximum atomic E-state index is 13.7. The van der Waals surface area contributed by atoms with Crippen LogP contribution in [-0.4, -0.2) is 16.5 Å². The minimum atomic E-state index is -0.646. The number of aromatic amines is 1. The third-order valence-corrected chi connectivity index (χ3v) is 3.82. The van der Waals surface area contributed by atoms with Crippen LogP contribution in [0.2, 0.25) is 0 Å². The lowest BCUT2D eigenvalue weighted by atomic mass is 10.0. The molecule has 1 aliphatic heterocycles. The Bertz CT molecular complexity index is 839. The van der Waals surface area contributed by atoms with Gasteiger partial charge in [0.05, 0.1) is 5.52 Å². The highest BCUT2D eigenvalue weighted by molar-refractivity contribution is 5.80. The van der Waals surface area contributed by atoms with Gasteiger partial charge in [-0.1, -0.05) is 0 Å². The van der Waals surface area contributed by atoms with Crippen LogP contribution in [0.3, 0.4) is 0 Å². The van der Waals surface area contributed by atoms with Crippen LogP contribution in [0.5, 0.6) is 0 Å². The molecular formula is C16H13F2N3. The molecule has 106 valence electrons. The van der Waals surface area contributed by atoms with Crippen LogP contribution in [0.15, 0.2) is 30.3 Å². The van der Waals surface area contributed by atoms with Gasteiger partial charge in [-0.05, 0) is 42.7 Å². The number of anilines is 1. The Labute approximate surface area is 120 Å². The highest BCUT2D eigenvalue weighted by Crippen LogP contribution is 2.29. The van der Waals surface area contributed by atoms with Crippen molar-refractivity contribution in [1.82, 2.24) is 9.97 Å². The van der Waals surface area contributed by atoms with Gasteiger partial charge in [0.2, 0.25) is 0 Å². The molecular weight excluding hydrogens is 272 g/mol. The summed E-state index contributed by atoms with van der Waals surface area (Å²) < 4.78 is 27.0. The number of aromatic nitrogens is 2. The Kier molecular flexibility index (Phi) is 2.67. The van der Waals surface area contributed by atoms with Gasteiger partial charge in [0.25, 0.3) is 0 Å². The summed E-state index contributed by atoms with van der Waals surface area (Å²) in [5.41, 5.74) is 3.79. The Hall–Kier alpha value is -2.43. The number of hydrogen-bond acceptors (Lipinski definition) is 2. The standard InChI is InChI=1S/C16H13F2N3/c17-11-7-12(18)15-14(8-11)20-16(21-15)10-3-4-13-9(6-10)2-1-5-19-13/h3-4,6-8,19H,1-2,5H2,(H,20,21). The molecule has 3 aromatic rings. The maximum Gasteiger partial charge on any atom is 0.153 e. The van der Waals surface area contributed by atoms with E-state index >= 15 is 0 Å². The number of benzene rings is 2. The van der Waals surface area contributed by atoms with Gasteiger partial charge in [0, 0.05) is 23.9 Å². The zero-order valence-corrected chi connectivity index (χ0v) is 11.2. The van der Waals surface area contributed by atoms with Crippen LogP contribution in [0, 0.1) is 11.6 Å².